The van der Waals surface area contributed by atoms with Crippen LogP contribution in [0.15, 0.2) is 0 Å². The predicted molar refractivity (Wildman–Crippen MR) is 93.7 cm³/mol. The first-order valence-corrected chi connectivity index (χ1v) is 9.07. The van der Waals surface area contributed by atoms with Crippen molar-refractivity contribution in [2.75, 3.05) is 26.4 Å². The molecule has 138 valence electrons. The van der Waals surface area contributed by atoms with Crippen molar-refractivity contribution in [3.8, 4) is 0 Å². The lowest BCUT2D eigenvalue weighted by atomic mass is 9.97. The predicted octanol–water partition coefficient (Wildman–Crippen LogP) is 2.25. The second-order valence-corrected chi connectivity index (χ2v) is 9.83. The number of hydrogen-bond donors (Lipinski definition) is 0. The van der Waals surface area contributed by atoms with Crippen molar-refractivity contribution in [3.63, 3.8) is 0 Å². The Hall–Kier alpha value is -1.08. The van der Waals surface area contributed by atoms with Gasteiger partial charge in [-0.3, -0.25) is 19.3 Å². The molecule has 0 N–H and O–H groups in total. The topological polar surface area (TPSA) is 72.9 Å². The Bertz CT molecular complexity index is 478. The molecule has 1 unspecified atom stereocenters. The van der Waals surface area contributed by atoms with Crippen LogP contribution in [-0.2, 0) is 23.9 Å². The van der Waals surface area contributed by atoms with E-state index in [0.717, 1.165) is 0 Å². The monoisotopic (exact) mass is 359 g/mol. The zero-order valence-electron chi connectivity index (χ0n) is 15.5. The van der Waals surface area contributed by atoms with Crippen LogP contribution in [0.3, 0.4) is 0 Å². The molecule has 1 rings (SSSR count). The van der Waals surface area contributed by atoms with E-state index in [1.807, 2.05) is 20.8 Å². The van der Waals surface area contributed by atoms with Gasteiger partial charge in [-0.05, 0) is 20.8 Å². The van der Waals surface area contributed by atoms with Gasteiger partial charge in [-0.15, -0.1) is 11.8 Å². The molecular weight excluding hydrogens is 330 g/mol. The largest absolute Gasteiger partial charge is 0.463 e. The maximum atomic E-state index is 12.3. The van der Waals surface area contributed by atoms with Crippen molar-refractivity contribution in [1.82, 2.24) is 4.90 Å². The summed E-state index contributed by atoms with van der Waals surface area (Å²) in [6, 6.07) is 0. The lowest BCUT2D eigenvalue weighted by molar-refractivity contribution is -0.154. The number of amides is 2. The molecule has 0 aromatic heterocycles. The SMILES string of the molecule is CC(C)(C)SC1CC(=O)N(CCOCCOC(=O)C(C)(C)C)C1=O. The van der Waals surface area contributed by atoms with Gasteiger partial charge in [0.1, 0.15) is 6.61 Å². The van der Waals surface area contributed by atoms with Gasteiger partial charge in [-0.25, -0.2) is 0 Å². The first-order chi connectivity index (χ1) is 10.9. The third-order valence-electron chi connectivity index (χ3n) is 3.23. The zero-order valence-corrected chi connectivity index (χ0v) is 16.3. The summed E-state index contributed by atoms with van der Waals surface area (Å²) in [7, 11) is 0. The summed E-state index contributed by atoms with van der Waals surface area (Å²) in [4.78, 5) is 37.1. The number of nitrogens with zero attached hydrogens (tertiary/aromatic N) is 1. The van der Waals surface area contributed by atoms with E-state index in [0.29, 0.717) is 0 Å². The quantitative estimate of drug-likeness (QED) is 0.394. The van der Waals surface area contributed by atoms with Crippen molar-refractivity contribution < 1.29 is 23.9 Å². The Balaban J connectivity index is 2.27. The molecular formula is C17H29NO5S. The Kier molecular flexibility index (Phi) is 7.28. The molecule has 1 aliphatic heterocycles. The third kappa shape index (κ3) is 6.81. The Labute approximate surface area is 148 Å². The Morgan fingerprint density at radius 2 is 1.75 bits per heavy atom. The molecule has 0 aromatic carbocycles. The maximum Gasteiger partial charge on any atom is 0.311 e. The molecule has 0 spiro atoms. The van der Waals surface area contributed by atoms with Crippen molar-refractivity contribution in [1.29, 1.82) is 0 Å². The number of likely N-dealkylation sites (tertiary alicyclic amines) is 1. The minimum atomic E-state index is -0.534. The standard InChI is InChI=1S/C17H29NO5S/c1-16(2,3)15(21)23-10-9-22-8-7-18-13(19)11-12(14(18)20)24-17(4,5)6/h12H,7-11H2,1-6H3. The zero-order chi connectivity index (χ0) is 18.5. The highest BCUT2D eigenvalue weighted by Gasteiger charge is 2.40. The van der Waals surface area contributed by atoms with Crippen LogP contribution in [0, 0.1) is 5.41 Å². The summed E-state index contributed by atoms with van der Waals surface area (Å²) in [5.41, 5.74) is -0.534. The molecule has 1 saturated heterocycles. The molecule has 1 atom stereocenters. The van der Waals surface area contributed by atoms with Crippen LogP contribution in [0.1, 0.15) is 48.0 Å². The summed E-state index contributed by atoms with van der Waals surface area (Å²) < 4.78 is 10.4. The van der Waals surface area contributed by atoms with Crippen LogP contribution >= 0.6 is 11.8 Å². The van der Waals surface area contributed by atoms with Crippen LogP contribution in [0.2, 0.25) is 0 Å². The number of hydrogen-bond acceptors (Lipinski definition) is 6. The van der Waals surface area contributed by atoms with Gasteiger partial charge in [0.15, 0.2) is 0 Å². The first kappa shape index (κ1) is 21.0. The molecule has 0 radical (unpaired) electrons. The maximum absolute atomic E-state index is 12.3. The van der Waals surface area contributed by atoms with Gasteiger partial charge in [0.05, 0.1) is 30.4 Å². The third-order valence-corrected chi connectivity index (χ3v) is 4.59. The van der Waals surface area contributed by atoms with Gasteiger partial charge in [-0.2, -0.15) is 0 Å². The smallest absolute Gasteiger partial charge is 0.311 e. The molecule has 6 nitrogen and oxygen atoms in total. The summed E-state index contributed by atoms with van der Waals surface area (Å²) in [5, 5.41) is -0.301. The van der Waals surface area contributed by atoms with Crippen LogP contribution in [0.5, 0.6) is 0 Å². The molecule has 7 heteroatoms. The lowest BCUT2D eigenvalue weighted by Crippen LogP contribution is -2.35. The molecule has 2 amide bonds. The van der Waals surface area contributed by atoms with Crippen molar-refractivity contribution in [2.24, 2.45) is 5.41 Å². The normalized spacial score (nSPS) is 19.1. The van der Waals surface area contributed by atoms with Gasteiger partial charge >= 0.3 is 5.97 Å². The number of ether oxygens (including phenoxy) is 2. The minimum Gasteiger partial charge on any atom is -0.463 e. The number of imide groups is 1. The van der Waals surface area contributed by atoms with Crippen molar-refractivity contribution >= 4 is 29.5 Å². The molecule has 0 saturated carbocycles. The summed E-state index contributed by atoms with van der Waals surface area (Å²) in [5.74, 6) is -0.565. The highest BCUT2D eigenvalue weighted by atomic mass is 32.2. The molecule has 1 heterocycles. The molecule has 1 fully saturated rings. The van der Waals surface area contributed by atoms with E-state index in [4.69, 9.17) is 9.47 Å². The molecule has 0 bridgehead atoms. The van der Waals surface area contributed by atoms with Crippen LogP contribution < -0.4 is 0 Å². The second kappa shape index (κ2) is 8.34. The average Bonchev–Trinajstić information content (AvgIpc) is 2.66. The summed E-state index contributed by atoms with van der Waals surface area (Å²) in [6.45, 7) is 12.3. The van der Waals surface area contributed by atoms with Crippen LogP contribution in [0.25, 0.3) is 0 Å². The lowest BCUT2D eigenvalue weighted by Gasteiger charge is -2.21. The van der Waals surface area contributed by atoms with Crippen molar-refractivity contribution in [2.45, 2.75) is 58.0 Å². The van der Waals surface area contributed by atoms with Crippen LogP contribution in [0.4, 0.5) is 0 Å². The minimum absolute atomic E-state index is 0.0654. The van der Waals surface area contributed by atoms with Crippen LogP contribution in [-0.4, -0.2) is 59.0 Å². The Morgan fingerprint density at radius 1 is 1.12 bits per heavy atom. The van der Waals surface area contributed by atoms with E-state index in [1.165, 1.54) is 16.7 Å². The Morgan fingerprint density at radius 3 is 2.29 bits per heavy atom. The average molecular weight is 359 g/mol. The highest BCUT2D eigenvalue weighted by Crippen LogP contribution is 2.34. The number of carbonyl (C=O) groups is 3. The molecule has 1 aliphatic rings. The molecule has 24 heavy (non-hydrogen) atoms. The van der Waals surface area contributed by atoms with E-state index in [9.17, 15) is 14.4 Å². The van der Waals surface area contributed by atoms with Gasteiger partial charge in [0.25, 0.3) is 0 Å². The fraction of sp³-hybridized carbons (Fsp3) is 0.824. The van der Waals surface area contributed by atoms with E-state index in [-0.39, 0.29) is 60.6 Å². The van der Waals surface area contributed by atoms with E-state index in [1.54, 1.807) is 20.8 Å². The summed E-state index contributed by atoms with van der Waals surface area (Å²) in [6.07, 6.45) is 0.254. The van der Waals surface area contributed by atoms with Gasteiger partial charge in [0, 0.05) is 11.2 Å². The fourth-order valence-corrected chi connectivity index (χ4v) is 3.38. The van der Waals surface area contributed by atoms with Gasteiger partial charge < -0.3 is 9.47 Å². The molecule has 0 aromatic rings. The van der Waals surface area contributed by atoms with Gasteiger partial charge in [0.2, 0.25) is 11.8 Å². The van der Waals surface area contributed by atoms with E-state index in [2.05, 4.69) is 0 Å². The summed E-state index contributed by atoms with van der Waals surface area (Å²) >= 11 is 1.52. The number of thioether (sulfide) groups is 1. The fourth-order valence-electron chi connectivity index (χ4n) is 2.07. The molecule has 0 aliphatic carbocycles. The van der Waals surface area contributed by atoms with Crippen molar-refractivity contribution in [3.05, 3.63) is 0 Å². The van der Waals surface area contributed by atoms with E-state index >= 15 is 0 Å². The first-order valence-electron chi connectivity index (χ1n) is 8.19. The second-order valence-electron chi connectivity index (χ2n) is 7.80. The highest BCUT2D eigenvalue weighted by molar-refractivity contribution is 8.01. The van der Waals surface area contributed by atoms with Gasteiger partial charge in [-0.1, -0.05) is 20.8 Å². The number of rotatable bonds is 7. The van der Waals surface area contributed by atoms with E-state index < -0.39 is 5.41 Å². The number of carbonyl (C=O) groups excluding carboxylic acids is 3. The number of esters is 1.